The van der Waals surface area contributed by atoms with Crippen LogP contribution in [0.25, 0.3) is 10.9 Å². The Morgan fingerprint density at radius 3 is 2.65 bits per heavy atom. The zero-order valence-corrected chi connectivity index (χ0v) is 20.0. The number of amides is 1. The van der Waals surface area contributed by atoms with E-state index in [1.165, 1.54) is 0 Å². The van der Waals surface area contributed by atoms with Crippen LogP contribution in [0.15, 0.2) is 48.5 Å². The maximum Gasteiger partial charge on any atom is 0.340 e. The number of carbonyl (C=O) groups is 2. The number of anilines is 1. The molecule has 0 saturated heterocycles. The molecular formula is C27H31N3O4. The summed E-state index contributed by atoms with van der Waals surface area (Å²) in [7, 11) is 1.54. The van der Waals surface area contributed by atoms with Crippen LogP contribution < -0.4 is 10.1 Å². The lowest BCUT2D eigenvalue weighted by Crippen LogP contribution is -2.35. The molecule has 178 valence electrons. The summed E-state index contributed by atoms with van der Waals surface area (Å²) in [4.78, 5) is 33.7. The maximum absolute atomic E-state index is 13.6. The third-order valence-corrected chi connectivity index (χ3v) is 6.15. The highest BCUT2D eigenvalue weighted by atomic mass is 16.5. The predicted octanol–water partition coefficient (Wildman–Crippen LogP) is 4.59. The highest BCUT2D eigenvalue weighted by Crippen LogP contribution is 2.30. The minimum atomic E-state index is -0.935. The van der Waals surface area contributed by atoms with Crippen LogP contribution >= 0.6 is 0 Å². The van der Waals surface area contributed by atoms with Gasteiger partial charge < -0.3 is 14.8 Å². The van der Waals surface area contributed by atoms with E-state index in [9.17, 15) is 9.59 Å². The average molecular weight is 462 g/mol. The highest BCUT2D eigenvalue weighted by molar-refractivity contribution is 6.06. The molecule has 2 aromatic carbocycles. The highest BCUT2D eigenvalue weighted by Gasteiger charge is 2.29. The molecule has 1 aliphatic rings. The van der Waals surface area contributed by atoms with Crippen molar-refractivity contribution in [2.75, 3.05) is 25.5 Å². The molecule has 0 bridgehead atoms. The number of carbonyl (C=O) groups excluding carboxylic acids is 2. The van der Waals surface area contributed by atoms with Crippen molar-refractivity contribution < 1.29 is 19.1 Å². The SMILES string of the molecule is CCCN1CCc2nc3ccccc3c(C(=O)OC(CC)C(=O)Nc3ccccc3OC)c2C1. The Balaban J connectivity index is 1.64. The minimum Gasteiger partial charge on any atom is -0.495 e. The molecule has 0 fully saturated rings. The fourth-order valence-corrected chi connectivity index (χ4v) is 4.46. The van der Waals surface area contributed by atoms with Crippen molar-refractivity contribution in [3.63, 3.8) is 0 Å². The molecule has 3 aromatic rings. The third kappa shape index (κ3) is 4.89. The molecule has 0 spiro atoms. The van der Waals surface area contributed by atoms with Gasteiger partial charge in [0.15, 0.2) is 6.10 Å². The van der Waals surface area contributed by atoms with Gasteiger partial charge in [0.25, 0.3) is 5.91 Å². The lowest BCUT2D eigenvalue weighted by molar-refractivity contribution is -0.124. The number of hydrogen-bond donors (Lipinski definition) is 1. The van der Waals surface area contributed by atoms with E-state index in [0.29, 0.717) is 30.0 Å². The molecule has 0 saturated carbocycles. The van der Waals surface area contributed by atoms with Crippen LogP contribution in [0.5, 0.6) is 5.75 Å². The lowest BCUT2D eigenvalue weighted by atomic mass is 9.95. The molecule has 1 amide bonds. The van der Waals surface area contributed by atoms with Gasteiger partial charge in [0.2, 0.25) is 0 Å². The molecule has 7 nitrogen and oxygen atoms in total. The quantitative estimate of drug-likeness (QED) is 0.495. The second-order valence-corrected chi connectivity index (χ2v) is 8.45. The molecule has 0 radical (unpaired) electrons. The topological polar surface area (TPSA) is 80.8 Å². The Bertz CT molecular complexity index is 1190. The van der Waals surface area contributed by atoms with Crippen molar-refractivity contribution in [3.05, 3.63) is 65.4 Å². The monoisotopic (exact) mass is 461 g/mol. The lowest BCUT2D eigenvalue weighted by Gasteiger charge is -2.30. The zero-order chi connectivity index (χ0) is 24.1. The van der Waals surface area contributed by atoms with Gasteiger partial charge in [0.1, 0.15) is 5.75 Å². The number of methoxy groups -OCH3 is 1. The van der Waals surface area contributed by atoms with Crippen molar-refractivity contribution in [1.29, 1.82) is 0 Å². The van der Waals surface area contributed by atoms with E-state index in [1.807, 2.05) is 43.3 Å². The van der Waals surface area contributed by atoms with Gasteiger partial charge in [-0.15, -0.1) is 0 Å². The number of nitrogens with zero attached hydrogens (tertiary/aromatic N) is 2. The van der Waals surface area contributed by atoms with Gasteiger partial charge >= 0.3 is 5.97 Å². The van der Waals surface area contributed by atoms with Gasteiger partial charge in [-0.2, -0.15) is 0 Å². The van der Waals surface area contributed by atoms with E-state index in [-0.39, 0.29) is 5.91 Å². The molecular weight excluding hydrogens is 430 g/mol. The van der Waals surface area contributed by atoms with Crippen LogP contribution in [-0.4, -0.2) is 48.1 Å². The summed E-state index contributed by atoms with van der Waals surface area (Å²) in [6.07, 6.45) is 1.23. The van der Waals surface area contributed by atoms with Crippen LogP contribution in [0.1, 0.15) is 48.3 Å². The minimum absolute atomic E-state index is 0.347. The van der Waals surface area contributed by atoms with Crippen LogP contribution in [0, 0.1) is 0 Å². The summed E-state index contributed by atoms with van der Waals surface area (Å²) in [5.74, 6) is -0.336. The zero-order valence-electron chi connectivity index (χ0n) is 20.0. The molecule has 0 aliphatic carbocycles. The van der Waals surface area contributed by atoms with E-state index >= 15 is 0 Å². The fourth-order valence-electron chi connectivity index (χ4n) is 4.46. The first-order valence-electron chi connectivity index (χ1n) is 11.8. The number of rotatable bonds is 8. The predicted molar refractivity (Wildman–Crippen MR) is 132 cm³/mol. The summed E-state index contributed by atoms with van der Waals surface area (Å²) >= 11 is 0. The van der Waals surface area contributed by atoms with Crippen molar-refractivity contribution in [2.24, 2.45) is 0 Å². The molecule has 7 heteroatoms. The second kappa shape index (κ2) is 10.7. The second-order valence-electron chi connectivity index (χ2n) is 8.45. The summed E-state index contributed by atoms with van der Waals surface area (Å²) in [6, 6.07) is 14.8. The number of pyridine rings is 1. The van der Waals surface area contributed by atoms with Crippen LogP contribution in [-0.2, 0) is 22.5 Å². The normalized spacial score (nSPS) is 14.3. The first kappa shape index (κ1) is 23.7. The van der Waals surface area contributed by atoms with Crippen LogP contribution in [0.2, 0.25) is 0 Å². The molecule has 34 heavy (non-hydrogen) atoms. The van der Waals surface area contributed by atoms with Crippen molar-refractivity contribution in [2.45, 2.75) is 45.8 Å². The molecule has 1 atom stereocenters. The van der Waals surface area contributed by atoms with Gasteiger partial charge in [-0.25, -0.2) is 4.79 Å². The van der Waals surface area contributed by atoms with Gasteiger partial charge in [-0.3, -0.25) is 14.7 Å². The Labute approximate surface area is 200 Å². The van der Waals surface area contributed by atoms with E-state index < -0.39 is 12.1 Å². The maximum atomic E-state index is 13.6. The number of esters is 1. The smallest absolute Gasteiger partial charge is 0.340 e. The number of ether oxygens (including phenoxy) is 2. The van der Waals surface area contributed by atoms with E-state index in [0.717, 1.165) is 48.1 Å². The molecule has 1 aromatic heterocycles. The first-order chi connectivity index (χ1) is 16.5. The number of nitrogens with one attached hydrogen (secondary N) is 1. The number of benzene rings is 2. The average Bonchev–Trinajstić information content (AvgIpc) is 2.86. The van der Waals surface area contributed by atoms with E-state index in [2.05, 4.69) is 17.1 Å². The molecule has 1 unspecified atom stereocenters. The summed E-state index contributed by atoms with van der Waals surface area (Å²) in [6.45, 7) is 6.49. The van der Waals surface area contributed by atoms with Gasteiger partial charge in [-0.1, -0.05) is 44.2 Å². The number of hydrogen-bond acceptors (Lipinski definition) is 6. The molecule has 1 N–H and O–H groups in total. The number of fused-ring (bicyclic) bond motifs is 2. The first-order valence-corrected chi connectivity index (χ1v) is 11.8. The van der Waals surface area contributed by atoms with Crippen molar-refractivity contribution in [1.82, 2.24) is 9.88 Å². The Morgan fingerprint density at radius 2 is 1.88 bits per heavy atom. The Kier molecular flexibility index (Phi) is 7.43. The van der Waals surface area contributed by atoms with Gasteiger partial charge in [0, 0.05) is 36.2 Å². The standard InChI is InChI=1S/C27H31N3O4/c1-4-15-30-16-14-21-19(17-30)25(18-10-6-7-11-20(18)28-21)27(32)34-23(5-2)26(31)29-22-12-8-9-13-24(22)33-3/h6-13,23H,4-5,14-17H2,1-3H3,(H,29,31). The summed E-state index contributed by atoms with van der Waals surface area (Å²) in [5, 5.41) is 3.59. The number of para-hydroxylation sites is 3. The summed E-state index contributed by atoms with van der Waals surface area (Å²) < 4.78 is 11.1. The van der Waals surface area contributed by atoms with E-state index in [1.54, 1.807) is 19.2 Å². The van der Waals surface area contributed by atoms with Crippen LogP contribution in [0.3, 0.4) is 0 Å². The third-order valence-electron chi connectivity index (χ3n) is 6.15. The largest absolute Gasteiger partial charge is 0.495 e. The Morgan fingerprint density at radius 1 is 1.12 bits per heavy atom. The van der Waals surface area contributed by atoms with Gasteiger partial charge in [-0.05, 0) is 37.6 Å². The fraction of sp³-hybridized carbons (Fsp3) is 0.370. The molecule has 4 rings (SSSR count). The molecule has 2 heterocycles. The van der Waals surface area contributed by atoms with Crippen molar-refractivity contribution >= 4 is 28.5 Å². The van der Waals surface area contributed by atoms with E-state index in [4.69, 9.17) is 14.5 Å². The van der Waals surface area contributed by atoms with Crippen LogP contribution in [0.4, 0.5) is 5.69 Å². The van der Waals surface area contributed by atoms with Crippen molar-refractivity contribution in [3.8, 4) is 5.75 Å². The van der Waals surface area contributed by atoms with Gasteiger partial charge in [0.05, 0.1) is 23.9 Å². The summed E-state index contributed by atoms with van der Waals surface area (Å²) in [5.41, 5.74) is 3.66. The molecule has 1 aliphatic heterocycles. The Hall–Kier alpha value is -3.45. The number of aromatic nitrogens is 1.